The normalized spacial score (nSPS) is 12.4. The quantitative estimate of drug-likeness (QED) is 0.534. The number of aromatic nitrogens is 3. The molecule has 22 heavy (non-hydrogen) atoms. The van der Waals surface area contributed by atoms with E-state index in [-0.39, 0.29) is 5.69 Å². The molecule has 112 valence electrons. The van der Waals surface area contributed by atoms with E-state index in [2.05, 4.69) is 10.3 Å². The molecule has 0 spiro atoms. The summed E-state index contributed by atoms with van der Waals surface area (Å²) in [6, 6.07) is 13.9. The molecule has 0 radical (unpaired) electrons. The van der Waals surface area contributed by atoms with Gasteiger partial charge >= 0.3 is 0 Å². The van der Waals surface area contributed by atoms with E-state index in [1.54, 1.807) is 16.8 Å². The Hall–Kier alpha value is -2.80. The number of non-ortho nitro benzene ring substituents is 1. The largest absolute Gasteiger partial charge is 0.352 e. The first kappa shape index (κ1) is 14.2. The zero-order chi connectivity index (χ0) is 15.5. The highest BCUT2D eigenvalue weighted by Gasteiger charge is 2.20. The van der Waals surface area contributed by atoms with Crippen molar-refractivity contribution in [2.45, 2.75) is 13.2 Å². The number of ether oxygens (including phenoxy) is 1. The van der Waals surface area contributed by atoms with E-state index in [0.717, 1.165) is 11.0 Å². The highest BCUT2D eigenvalue weighted by Crippen LogP contribution is 2.26. The fourth-order valence-corrected chi connectivity index (χ4v) is 2.32. The van der Waals surface area contributed by atoms with Crippen LogP contribution in [0.25, 0.3) is 11.0 Å². The molecule has 7 nitrogen and oxygen atoms in total. The van der Waals surface area contributed by atoms with E-state index in [4.69, 9.17) is 4.74 Å². The summed E-state index contributed by atoms with van der Waals surface area (Å²) in [5.41, 5.74) is 2.24. The van der Waals surface area contributed by atoms with Gasteiger partial charge in [-0.1, -0.05) is 29.5 Å². The first-order chi connectivity index (χ1) is 10.7. The lowest BCUT2D eigenvalue weighted by atomic mass is 10.1. The lowest BCUT2D eigenvalue weighted by Gasteiger charge is -2.18. The van der Waals surface area contributed by atoms with Crippen molar-refractivity contribution in [1.29, 1.82) is 0 Å². The molecule has 3 rings (SSSR count). The van der Waals surface area contributed by atoms with Crippen LogP contribution in [0.4, 0.5) is 5.69 Å². The lowest BCUT2D eigenvalue weighted by Crippen LogP contribution is -2.16. The molecular weight excluding hydrogens is 284 g/mol. The Morgan fingerprint density at radius 2 is 2.09 bits per heavy atom. The van der Waals surface area contributed by atoms with Crippen molar-refractivity contribution in [3.05, 3.63) is 64.2 Å². The van der Waals surface area contributed by atoms with Crippen LogP contribution in [0.5, 0.6) is 0 Å². The van der Waals surface area contributed by atoms with Gasteiger partial charge in [0.15, 0.2) is 6.23 Å². The average molecular weight is 298 g/mol. The average Bonchev–Trinajstić information content (AvgIpc) is 2.96. The topological polar surface area (TPSA) is 83.1 Å². The minimum Gasteiger partial charge on any atom is -0.352 e. The Labute approximate surface area is 126 Å². The van der Waals surface area contributed by atoms with Gasteiger partial charge in [-0.2, -0.15) is 0 Å². The number of nitro benzene ring substituents is 1. The Morgan fingerprint density at radius 1 is 1.27 bits per heavy atom. The van der Waals surface area contributed by atoms with Crippen LogP contribution in [-0.2, 0) is 4.74 Å². The molecule has 1 aromatic heterocycles. The number of benzene rings is 2. The summed E-state index contributed by atoms with van der Waals surface area (Å²) >= 11 is 0. The summed E-state index contributed by atoms with van der Waals surface area (Å²) in [4.78, 5) is 10.5. The number of nitrogens with zero attached hydrogens (tertiary/aromatic N) is 4. The second kappa shape index (κ2) is 5.90. The predicted molar refractivity (Wildman–Crippen MR) is 80.4 cm³/mol. The molecule has 0 fully saturated rings. The van der Waals surface area contributed by atoms with Crippen LogP contribution in [0.1, 0.15) is 18.7 Å². The van der Waals surface area contributed by atoms with Crippen molar-refractivity contribution in [3.63, 3.8) is 0 Å². The van der Waals surface area contributed by atoms with E-state index in [0.29, 0.717) is 12.2 Å². The molecule has 0 bridgehead atoms. The number of hydrogen-bond acceptors (Lipinski definition) is 5. The van der Waals surface area contributed by atoms with Crippen molar-refractivity contribution < 1.29 is 9.66 Å². The first-order valence-electron chi connectivity index (χ1n) is 6.86. The Balaban J connectivity index is 2.10. The van der Waals surface area contributed by atoms with Gasteiger partial charge in [-0.25, -0.2) is 4.68 Å². The van der Waals surface area contributed by atoms with Crippen molar-refractivity contribution in [1.82, 2.24) is 15.0 Å². The molecule has 1 unspecified atom stereocenters. The molecule has 1 heterocycles. The lowest BCUT2D eigenvalue weighted by molar-refractivity contribution is -0.385. The molecule has 2 aromatic carbocycles. The maximum atomic E-state index is 11.0. The monoisotopic (exact) mass is 298 g/mol. The summed E-state index contributed by atoms with van der Waals surface area (Å²) < 4.78 is 7.39. The maximum absolute atomic E-state index is 11.0. The second-order valence-electron chi connectivity index (χ2n) is 4.68. The third-order valence-electron chi connectivity index (χ3n) is 3.29. The SMILES string of the molecule is CCOC(c1cccc([N+](=O)[O-])c1)n1nnc2ccccc21. The van der Waals surface area contributed by atoms with Gasteiger partial charge in [0, 0.05) is 24.3 Å². The zero-order valence-corrected chi connectivity index (χ0v) is 11.9. The number of hydrogen-bond donors (Lipinski definition) is 0. The van der Waals surface area contributed by atoms with Gasteiger partial charge in [0.25, 0.3) is 5.69 Å². The van der Waals surface area contributed by atoms with Gasteiger partial charge < -0.3 is 4.74 Å². The molecule has 7 heteroatoms. The fraction of sp³-hybridized carbons (Fsp3) is 0.200. The Kier molecular flexibility index (Phi) is 3.80. The van der Waals surface area contributed by atoms with Crippen LogP contribution in [0.3, 0.4) is 0 Å². The summed E-state index contributed by atoms with van der Waals surface area (Å²) in [7, 11) is 0. The fourth-order valence-electron chi connectivity index (χ4n) is 2.32. The van der Waals surface area contributed by atoms with Crippen LogP contribution >= 0.6 is 0 Å². The van der Waals surface area contributed by atoms with Crippen LogP contribution in [0.2, 0.25) is 0 Å². The number of para-hydroxylation sites is 1. The Bertz CT molecular complexity index is 815. The molecule has 0 amide bonds. The molecule has 0 aliphatic rings. The number of rotatable bonds is 5. The van der Waals surface area contributed by atoms with E-state index >= 15 is 0 Å². The van der Waals surface area contributed by atoms with E-state index in [1.807, 2.05) is 31.2 Å². The van der Waals surface area contributed by atoms with Crippen LogP contribution in [-0.4, -0.2) is 26.5 Å². The van der Waals surface area contributed by atoms with Gasteiger partial charge in [-0.15, -0.1) is 5.10 Å². The highest BCUT2D eigenvalue weighted by molar-refractivity contribution is 5.74. The molecule has 0 aliphatic heterocycles. The van der Waals surface area contributed by atoms with Crippen molar-refractivity contribution >= 4 is 16.7 Å². The molecule has 0 saturated carbocycles. The molecule has 1 atom stereocenters. The van der Waals surface area contributed by atoms with Gasteiger partial charge in [0.1, 0.15) is 5.52 Å². The van der Waals surface area contributed by atoms with Gasteiger partial charge in [0.05, 0.1) is 10.4 Å². The molecular formula is C15H14N4O3. The van der Waals surface area contributed by atoms with Gasteiger partial charge in [-0.05, 0) is 19.1 Å². The van der Waals surface area contributed by atoms with Crippen LogP contribution in [0.15, 0.2) is 48.5 Å². The summed E-state index contributed by atoms with van der Waals surface area (Å²) in [6.07, 6.45) is -0.558. The van der Waals surface area contributed by atoms with Crippen molar-refractivity contribution in [2.75, 3.05) is 6.61 Å². The van der Waals surface area contributed by atoms with E-state index in [1.165, 1.54) is 12.1 Å². The van der Waals surface area contributed by atoms with E-state index < -0.39 is 11.2 Å². The predicted octanol–water partition coefficient (Wildman–Crippen LogP) is 2.92. The molecule has 3 aromatic rings. The highest BCUT2D eigenvalue weighted by atomic mass is 16.6. The first-order valence-corrected chi connectivity index (χ1v) is 6.86. The third kappa shape index (κ3) is 2.53. The van der Waals surface area contributed by atoms with E-state index in [9.17, 15) is 10.1 Å². The second-order valence-corrected chi connectivity index (χ2v) is 4.68. The summed E-state index contributed by atoms with van der Waals surface area (Å²) in [5.74, 6) is 0. The van der Waals surface area contributed by atoms with Gasteiger partial charge in [0.2, 0.25) is 0 Å². The van der Waals surface area contributed by atoms with Crippen molar-refractivity contribution in [3.8, 4) is 0 Å². The number of nitro groups is 1. The summed E-state index contributed by atoms with van der Waals surface area (Å²) in [5, 5.41) is 19.2. The Morgan fingerprint density at radius 3 is 2.86 bits per heavy atom. The smallest absolute Gasteiger partial charge is 0.269 e. The third-order valence-corrected chi connectivity index (χ3v) is 3.29. The minimum absolute atomic E-state index is 0.0200. The van der Waals surface area contributed by atoms with Gasteiger partial charge in [-0.3, -0.25) is 10.1 Å². The summed E-state index contributed by atoms with van der Waals surface area (Å²) in [6.45, 7) is 2.31. The maximum Gasteiger partial charge on any atom is 0.269 e. The number of fused-ring (bicyclic) bond motifs is 1. The molecule has 0 saturated heterocycles. The minimum atomic E-state index is -0.558. The van der Waals surface area contributed by atoms with Crippen molar-refractivity contribution in [2.24, 2.45) is 0 Å². The molecule has 0 N–H and O–H groups in total. The zero-order valence-electron chi connectivity index (χ0n) is 11.9. The van der Waals surface area contributed by atoms with Crippen LogP contribution < -0.4 is 0 Å². The standard InChI is InChI=1S/C15H14N4O3/c1-2-22-15(11-6-5-7-12(10-11)19(20)21)18-14-9-4-3-8-13(14)16-17-18/h3-10,15H,2H2,1H3. The molecule has 0 aliphatic carbocycles. The van der Waals surface area contributed by atoms with Crippen LogP contribution in [0, 0.1) is 10.1 Å².